The van der Waals surface area contributed by atoms with E-state index in [0.29, 0.717) is 6.42 Å². The number of hydrogen-bond acceptors (Lipinski definition) is 6. The van der Waals surface area contributed by atoms with Crippen LogP contribution in [0.25, 0.3) is 10.4 Å². The second-order valence-corrected chi connectivity index (χ2v) is 8.98. The van der Waals surface area contributed by atoms with E-state index in [4.69, 9.17) is 10.5 Å². The Morgan fingerprint density at radius 2 is 2.11 bits per heavy atom. The van der Waals surface area contributed by atoms with Gasteiger partial charge < -0.3 is 10.5 Å². The Bertz CT molecular complexity index is 1100. The molecule has 0 saturated heterocycles. The number of carbonyl (C=O) groups excluding carboxylic acids is 1. The molecule has 1 aromatic carbocycles. The molecule has 0 aliphatic carbocycles. The maximum Gasteiger partial charge on any atom is 0.252 e. The van der Waals surface area contributed by atoms with Gasteiger partial charge in [-0.25, -0.2) is 13.1 Å². The van der Waals surface area contributed by atoms with Crippen molar-refractivity contribution >= 4 is 27.3 Å². The topological polar surface area (TPSA) is 116 Å². The van der Waals surface area contributed by atoms with E-state index in [-0.39, 0.29) is 22.8 Å². The highest BCUT2D eigenvalue weighted by molar-refractivity contribution is 7.89. The second kappa shape index (κ2) is 8.13. The molecule has 0 unspecified atom stereocenters. The number of amides is 1. The highest BCUT2D eigenvalue weighted by atomic mass is 32.2. The Morgan fingerprint density at radius 3 is 2.75 bits per heavy atom. The highest BCUT2D eigenvalue weighted by Crippen LogP contribution is 2.28. The molecule has 1 amide bonds. The third kappa shape index (κ3) is 4.41. The van der Waals surface area contributed by atoms with Crippen LogP contribution in [0, 0.1) is 0 Å². The monoisotopic (exact) mass is 420 g/mol. The molecule has 8 nitrogen and oxygen atoms in total. The second-order valence-electron chi connectivity index (χ2n) is 6.04. The number of methoxy groups -OCH3 is 1. The lowest BCUT2D eigenvalue weighted by molar-refractivity contribution is 0.0997. The van der Waals surface area contributed by atoms with Crippen molar-refractivity contribution in [2.75, 3.05) is 13.7 Å². The van der Waals surface area contributed by atoms with Gasteiger partial charge in [-0.2, -0.15) is 5.10 Å². The van der Waals surface area contributed by atoms with Crippen molar-refractivity contribution in [2.24, 2.45) is 12.8 Å². The number of carbonyl (C=O) groups is 1. The van der Waals surface area contributed by atoms with E-state index >= 15 is 0 Å². The number of nitrogens with two attached hydrogens (primary N) is 1. The molecular formula is C18H20N4O4S2. The van der Waals surface area contributed by atoms with E-state index < -0.39 is 15.9 Å². The molecule has 0 aliphatic rings. The Labute approximate surface area is 167 Å². The van der Waals surface area contributed by atoms with Gasteiger partial charge in [-0.15, -0.1) is 11.3 Å². The van der Waals surface area contributed by atoms with E-state index in [0.717, 1.165) is 15.3 Å². The van der Waals surface area contributed by atoms with Gasteiger partial charge in [0, 0.05) is 35.1 Å². The maximum absolute atomic E-state index is 12.5. The van der Waals surface area contributed by atoms with Gasteiger partial charge in [0.2, 0.25) is 10.0 Å². The van der Waals surface area contributed by atoms with Crippen molar-refractivity contribution in [2.45, 2.75) is 11.3 Å². The molecule has 0 aliphatic heterocycles. The van der Waals surface area contributed by atoms with Gasteiger partial charge >= 0.3 is 0 Å². The molecule has 0 saturated carbocycles. The van der Waals surface area contributed by atoms with E-state index in [2.05, 4.69) is 9.82 Å². The number of rotatable bonds is 8. The van der Waals surface area contributed by atoms with Crippen LogP contribution in [-0.2, 0) is 23.5 Å². The standard InChI is InChI=1S/C18H20N4O4S2/c1-22-11-12(10-20-22)17-6-3-13(27-17)7-8-21-28(24,25)14-4-5-16(26-2)15(9-14)18(19)23/h3-6,9-11,21H,7-8H2,1-2H3,(H2,19,23). The fraction of sp³-hybridized carbons (Fsp3) is 0.222. The molecule has 2 aromatic heterocycles. The molecule has 0 radical (unpaired) electrons. The SMILES string of the molecule is COc1ccc(S(=O)(=O)NCCc2ccc(-c3cnn(C)c3)s2)cc1C(N)=O. The molecule has 28 heavy (non-hydrogen) atoms. The van der Waals surface area contributed by atoms with Crippen molar-refractivity contribution in [3.63, 3.8) is 0 Å². The smallest absolute Gasteiger partial charge is 0.252 e. The number of primary amides is 1. The fourth-order valence-electron chi connectivity index (χ4n) is 2.65. The summed E-state index contributed by atoms with van der Waals surface area (Å²) in [6.45, 7) is 0.229. The summed E-state index contributed by atoms with van der Waals surface area (Å²) in [6.07, 6.45) is 4.26. The lowest BCUT2D eigenvalue weighted by Gasteiger charge is -2.10. The van der Waals surface area contributed by atoms with Gasteiger partial charge in [0.1, 0.15) is 5.75 Å². The zero-order valence-corrected chi connectivity index (χ0v) is 17.0. The van der Waals surface area contributed by atoms with Crippen LogP contribution in [0.4, 0.5) is 0 Å². The van der Waals surface area contributed by atoms with Gasteiger partial charge in [0.15, 0.2) is 0 Å². The molecule has 0 spiro atoms. The summed E-state index contributed by atoms with van der Waals surface area (Å²) in [6, 6.07) is 7.97. The average molecular weight is 421 g/mol. The third-order valence-corrected chi connectivity index (χ3v) is 6.71. The predicted octanol–water partition coefficient (Wildman–Crippen LogP) is 1.78. The first kappa shape index (κ1) is 20.1. The van der Waals surface area contributed by atoms with E-state index in [1.54, 1.807) is 22.2 Å². The number of sulfonamides is 1. The third-order valence-electron chi connectivity index (χ3n) is 4.06. The quantitative estimate of drug-likeness (QED) is 0.576. The summed E-state index contributed by atoms with van der Waals surface area (Å²) in [5.41, 5.74) is 6.33. The summed E-state index contributed by atoms with van der Waals surface area (Å²) in [5, 5.41) is 4.15. The highest BCUT2D eigenvalue weighted by Gasteiger charge is 2.18. The van der Waals surface area contributed by atoms with Crippen LogP contribution in [0.1, 0.15) is 15.2 Å². The minimum absolute atomic E-state index is 0.0183. The number of hydrogen-bond donors (Lipinski definition) is 2. The zero-order chi connectivity index (χ0) is 20.3. The predicted molar refractivity (Wildman–Crippen MR) is 107 cm³/mol. The van der Waals surface area contributed by atoms with Crippen LogP contribution < -0.4 is 15.2 Å². The molecule has 3 rings (SSSR count). The van der Waals surface area contributed by atoms with Crippen LogP contribution in [-0.4, -0.2) is 37.8 Å². The zero-order valence-electron chi connectivity index (χ0n) is 15.4. The van der Waals surface area contributed by atoms with Crippen LogP contribution in [0.3, 0.4) is 0 Å². The van der Waals surface area contributed by atoms with E-state index in [1.165, 1.54) is 25.3 Å². The van der Waals surface area contributed by atoms with Crippen molar-refractivity contribution in [3.05, 3.63) is 53.2 Å². The number of aromatic nitrogens is 2. The Hall–Kier alpha value is -2.69. The summed E-state index contributed by atoms with van der Waals surface area (Å²) in [4.78, 5) is 13.6. The van der Waals surface area contributed by atoms with Crippen LogP contribution in [0.15, 0.2) is 47.6 Å². The first-order valence-corrected chi connectivity index (χ1v) is 10.7. The summed E-state index contributed by atoms with van der Waals surface area (Å²) in [5.74, 6) is -0.525. The van der Waals surface area contributed by atoms with Crippen molar-refractivity contribution in [1.29, 1.82) is 0 Å². The molecule has 2 heterocycles. The number of nitrogens with zero attached hydrogens (tertiary/aromatic N) is 2. The molecule has 148 valence electrons. The van der Waals surface area contributed by atoms with Gasteiger partial charge in [-0.3, -0.25) is 9.48 Å². The van der Waals surface area contributed by atoms with Crippen molar-refractivity contribution < 1.29 is 17.9 Å². The summed E-state index contributed by atoms with van der Waals surface area (Å²) in [7, 11) is -0.535. The van der Waals surface area contributed by atoms with Crippen LogP contribution >= 0.6 is 11.3 Å². The maximum atomic E-state index is 12.5. The van der Waals surface area contributed by atoms with Gasteiger partial charge in [0.05, 0.1) is 23.8 Å². The summed E-state index contributed by atoms with van der Waals surface area (Å²) >= 11 is 1.59. The molecule has 3 N–H and O–H groups in total. The van der Waals surface area contributed by atoms with Crippen LogP contribution in [0.5, 0.6) is 5.75 Å². The van der Waals surface area contributed by atoms with Crippen LogP contribution in [0.2, 0.25) is 0 Å². The molecule has 0 fully saturated rings. The first-order valence-electron chi connectivity index (χ1n) is 8.35. The lowest BCUT2D eigenvalue weighted by atomic mass is 10.2. The number of nitrogens with one attached hydrogen (secondary N) is 1. The number of thiophene rings is 1. The van der Waals surface area contributed by atoms with E-state index in [9.17, 15) is 13.2 Å². The molecule has 0 bridgehead atoms. The molecular weight excluding hydrogens is 400 g/mol. The first-order chi connectivity index (χ1) is 13.3. The van der Waals surface area contributed by atoms with Gasteiger partial charge in [0.25, 0.3) is 5.91 Å². The normalized spacial score (nSPS) is 11.5. The minimum atomic E-state index is -3.78. The number of aryl methyl sites for hydroxylation is 1. The number of ether oxygens (including phenoxy) is 1. The van der Waals surface area contributed by atoms with Gasteiger partial charge in [-0.05, 0) is 36.8 Å². The molecule has 0 atom stereocenters. The Morgan fingerprint density at radius 1 is 1.32 bits per heavy atom. The summed E-state index contributed by atoms with van der Waals surface area (Å²) < 4.78 is 34.3. The fourth-order valence-corrected chi connectivity index (χ4v) is 4.69. The molecule has 3 aromatic rings. The van der Waals surface area contributed by atoms with E-state index in [1.807, 2.05) is 25.4 Å². The lowest BCUT2D eigenvalue weighted by Crippen LogP contribution is -2.26. The Kier molecular flexibility index (Phi) is 5.82. The van der Waals surface area contributed by atoms with Gasteiger partial charge in [-0.1, -0.05) is 0 Å². The van der Waals surface area contributed by atoms with Crippen molar-refractivity contribution in [3.8, 4) is 16.2 Å². The minimum Gasteiger partial charge on any atom is -0.496 e. The van der Waals surface area contributed by atoms with Crippen molar-refractivity contribution in [1.82, 2.24) is 14.5 Å². The average Bonchev–Trinajstić information content (AvgIpc) is 3.30. The largest absolute Gasteiger partial charge is 0.496 e. The Balaban J connectivity index is 1.66. The number of benzene rings is 1. The molecule has 10 heteroatoms.